The van der Waals surface area contributed by atoms with Crippen molar-refractivity contribution >= 4 is 17.5 Å². The lowest BCUT2D eigenvalue weighted by atomic mass is 10.1. The molecule has 2 aromatic rings. The molecule has 1 aliphatic heterocycles. The molecule has 0 bridgehead atoms. The lowest BCUT2D eigenvalue weighted by Crippen LogP contribution is -2.39. The Bertz CT molecular complexity index is 670. The number of likely N-dealkylation sites (N-methyl/N-ethyl adjacent to an activating group) is 1. The molecular formula is C18H18N2O2. The maximum absolute atomic E-state index is 12.6. The molecule has 3 rings (SSSR count). The molecule has 0 N–H and O–H groups in total. The Morgan fingerprint density at radius 1 is 1.00 bits per heavy atom. The van der Waals surface area contributed by atoms with Crippen molar-refractivity contribution < 1.29 is 9.59 Å². The first kappa shape index (κ1) is 14.5. The molecular weight excluding hydrogens is 276 g/mol. The summed E-state index contributed by atoms with van der Waals surface area (Å²) in [7, 11) is 1.89. The van der Waals surface area contributed by atoms with E-state index in [1.54, 1.807) is 12.1 Å². The lowest BCUT2D eigenvalue weighted by molar-refractivity contribution is -0.122. The first-order valence-electron chi connectivity index (χ1n) is 7.33. The quantitative estimate of drug-likeness (QED) is 0.813. The van der Waals surface area contributed by atoms with Gasteiger partial charge in [-0.05, 0) is 24.7 Å². The average molecular weight is 294 g/mol. The summed E-state index contributed by atoms with van der Waals surface area (Å²) in [4.78, 5) is 28.1. The first-order chi connectivity index (χ1) is 10.7. The van der Waals surface area contributed by atoms with Crippen molar-refractivity contribution in [1.29, 1.82) is 0 Å². The minimum Gasteiger partial charge on any atom is -0.290 e. The monoisotopic (exact) mass is 294 g/mol. The van der Waals surface area contributed by atoms with E-state index in [-0.39, 0.29) is 18.2 Å². The number of carbonyl (C=O) groups excluding carboxylic acids is 2. The van der Waals surface area contributed by atoms with E-state index >= 15 is 0 Å². The second kappa shape index (κ2) is 6.12. The molecule has 1 aliphatic rings. The van der Waals surface area contributed by atoms with Gasteiger partial charge in [-0.3, -0.25) is 14.5 Å². The number of hydrogen-bond acceptors (Lipinski definition) is 3. The fourth-order valence-corrected chi connectivity index (χ4v) is 2.79. The van der Waals surface area contributed by atoms with Crippen molar-refractivity contribution in [3.8, 4) is 0 Å². The molecule has 2 aromatic carbocycles. The fraction of sp³-hybridized carbons (Fsp3) is 0.222. The SMILES string of the molecule is CN(Cc1ccccc1)[C@H]1CC(=O)N(c2ccccc2)C1=O. The maximum atomic E-state index is 12.6. The lowest BCUT2D eigenvalue weighted by Gasteiger charge is -2.22. The Morgan fingerprint density at radius 3 is 2.23 bits per heavy atom. The van der Waals surface area contributed by atoms with Crippen LogP contribution in [0.1, 0.15) is 12.0 Å². The molecule has 4 nitrogen and oxygen atoms in total. The predicted octanol–water partition coefficient (Wildman–Crippen LogP) is 2.45. The van der Waals surface area contributed by atoms with E-state index in [1.165, 1.54) is 4.90 Å². The zero-order valence-corrected chi connectivity index (χ0v) is 12.5. The third kappa shape index (κ3) is 2.78. The largest absolute Gasteiger partial charge is 0.290 e. The minimum atomic E-state index is -0.395. The van der Waals surface area contributed by atoms with Crippen LogP contribution in [0.15, 0.2) is 60.7 Å². The van der Waals surface area contributed by atoms with Gasteiger partial charge < -0.3 is 0 Å². The number of imide groups is 1. The summed E-state index contributed by atoms with van der Waals surface area (Å²) >= 11 is 0. The number of rotatable bonds is 4. The average Bonchev–Trinajstić information content (AvgIpc) is 2.84. The Morgan fingerprint density at radius 2 is 1.59 bits per heavy atom. The highest BCUT2D eigenvalue weighted by Gasteiger charge is 2.41. The van der Waals surface area contributed by atoms with E-state index in [0.717, 1.165) is 5.56 Å². The second-order valence-corrected chi connectivity index (χ2v) is 5.52. The summed E-state index contributed by atoms with van der Waals surface area (Å²) in [6, 6.07) is 18.7. The zero-order chi connectivity index (χ0) is 15.5. The third-order valence-corrected chi connectivity index (χ3v) is 3.94. The normalized spacial score (nSPS) is 18.3. The third-order valence-electron chi connectivity index (χ3n) is 3.94. The van der Waals surface area contributed by atoms with Crippen LogP contribution in [0.3, 0.4) is 0 Å². The van der Waals surface area contributed by atoms with Crippen LogP contribution in [-0.2, 0) is 16.1 Å². The minimum absolute atomic E-state index is 0.138. The predicted molar refractivity (Wildman–Crippen MR) is 85.2 cm³/mol. The van der Waals surface area contributed by atoms with Crippen molar-refractivity contribution in [3.05, 3.63) is 66.2 Å². The van der Waals surface area contributed by atoms with E-state index < -0.39 is 6.04 Å². The summed E-state index contributed by atoms with van der Waals surface area (Å²) in [5, 5.41) is 0. The van der Waals surface area contributed by atoms with Gasteiger partial charge in [0, 0.05) is 6.54 Å². The molecule has 1 atom stereocenters. The van der Waals surface area contributed by atoms with Crippen LogP contribution in [0.5, 0.6) is 0 Å². The number of anilines is 1. The van der Waals surface area contributed by atoms with Crippen LogP contribution in [0, 0.1) is 0 Å². The highest BCUT2D eigenvalue weighted by Crippen LogP contribution is 2.25. The molecule has 22 heavy (non-hydrogen) atoms. The van der Waals surface area contributed by atoms with Gasteiger partial charge in [-0.15, -0.1) is 0 Å². The molecule has 1 saturated heterocycles. The van der Waals surface area contributed by atoms with Crippen molar-refractivity contribution in [1.82, 2.24) is 4.90 Å². The van der Waals surface area contributed by atoms with Crippen molar-refractivity contribution in [2.45, 2.75) is 19.0 Å². The van der Waals surface area contributed by atoms with Gasteiger partial charge in [0.25, 0.3) is 5.91 Å². The molecule has 0 saturated carbocycles. The topological polar surface area (TPSA) is 40.6 Å². The number of benzene rings is 2. The number of nitrogens with zero attached hydrogens (tertiary/aromatic N) is 2. The van der Waals surface area contributed by atoms with Crippen LogP contribution in [-0.4, -0.2) is 29.8 Å². The summed E-state index contributed by atoms with van der Waals surface area (Å²) in [6.07, 6.45) is 0.233. The molecule has 1 fully saturated rings. The standard InChI is InChI=1S/C18H18N2O2/c1-19(13-14-8-4-2-5-9-14)16-12-17(21)20(18(16)22)15-10-6-3-7-11-15/h2-11,16H,12-13H2,1H3/t16-/m0/s1. The maximum Gasteiger partial charge on any atom is 0.251 e. The van der Waals surface area contributed by atoms with Gasteiger partial charge in [-0.1, -0.05) is 48.5 Å². The molecule has 1 heterocycles. The molecule has 0 aliphatic carbocycles. The van der Waals surface area contributed by atoms with Crippen molar-refractivity contribution in [2.75, 3.05) is 11.9 Å². The molecule has 2 amide bonds. The summed E-state index contributed by atoms with van der Waals surface area (Å²) in [5.74, 6) is -0.282. The fourth-order valence-electron chi connectivity index (χ4n) is 2.79. The second-order valence-electron chi connectivity index (χ2n) is 5.52. The highest BCUT2D eigenvalue weighted by atomic mass is 16.2. The molecule has 0 radical (unpaired) electrons. The smallest absolute Gasteiger partial charge is 0.251 e. The molecule has 4 heteroatoms. The van der Waals surface area contributed by atoms with Crippen LogP contribution < -0.4 is 4.90 Å². The van der Waals surface area contributed by atoms with Crippen LogP contribution in [0.2, 0.25) is 0 Å². The van der Waals surface area contributed by atoms with Gasteiger partial charge in [0.15, 0.2) is 0 Å². The Kier molecular flexibility index (Phi) is 4.02. The van der Waals surface area contributed by atoms with Crippen LogP contribution >= 0.6 is 0 Å². The summed E-state index contributed by atoms with van der Waals surface area (Å²) in [6.45, 7) is 0.646. The molecule has 0 aromatic heterocycles. The Hall–Kier alpha value is -2.46. The number of carbonyl (C=O) groups is 2. The first-order valence-corrected chi connectivity index (χ1v) is 7.33. The highest BCUT2D eigenvalue weighted by molar-refractivity contribution is 6.22. The summed E-state index contributed by atoms with van der Waals surface area (Å²) < 4.78 is 0. The van der Waals surface area contributed by atoms with Gasteiger partial charge in [0.2, 0.25) is 5.91 Å². The van der Waals surface area contributed by atoms with Crippen LogP contribution in [0.4, 0.5) is 5.69 Å². The number of para-hydroxylation sites is 1. The van der Waals surface area contributed by atoms with Gasteiger partial charge >= 0.3 is 0 Å². The van der Waals surface area contributed by atoms with E-state index in [4.69, 9.17) is 0 Å². The van der Waals surface area contributed by atoms with Crippen molar-refractivity contribution in [3.63, 3.8) is 0 Å². The van der Waals surface area contributed by atoms with E-state index in [0.29, 0.717) is 12.2 Å². The van der Waals surface area contributed by atoms with Gasteiger partial charge in [0.05, 0.1) is 18.2 Å². The molecule has 112 valence electrons. The Balaban J connectivity index is 1.76. The molecule has 0 unspecified atom stereocenters. The number of amides is 2. The van der Waals surface area contributed by atoms with E-state index in [2.05, 4.69) is 0 Å². The van der Waals surface area contributed by atoms with Gasteiger partial charge in [-0.2, -0.15) is 0 Å². The zero-order valence-electron chi connectivity index (χ0n) is 12.5. The van der Waals surface area contributed by atoms with Gasteiger partial charge in [0.1, 0.15) is 0 Å². The molecule has 0 spiro atoms. The van der Waals surface area contributed by atoms with Crippen LogP contribution in [0.25, 0.3) is 0 Å². The van der Waals surface area contributed by atoms with Crippen molar-refractivity contribution in [2.24, 2.45) is 0 Å². The van der Waals surface area contributed by atoms with Gasteiger partial charge in [-0.25, -0.2) is 4.90 Å². The summed E-state index contributed by atoms with van der Waals surface area (Å²) in [5.41, 5.74) is 1.77. The Labute approximate surface area is 130 Å². The number of hydrogen-bond donors (Lipinski definition) is 0. The van der Waals surface area contributed by atoms with E-state index in [1.807, 2.05) is 60.5 Å². The van der Waals surface area contributed by atoms with E-state index in [9.17, 15) is 9.59 Å².